The molecule has 0 aliphatic carbocycles. The van der Waals surface area contributed by atoms with Gasteiger partial charge in [-0.3, -0.25) is 4.99 Å². The van der Waals surface area contributed by atoms with Gasteiger partial charge in [-0.05, 0) is 19.4 Å². The van der Waals surface area contributed by atoms with E-state index in [2.05, 4.69) is 15.0 Å². The second kappa shape index (κ2) is 5.64. The lowest BCUT2D eigenvalue weighted by Crippen LogP contribution is -2.29. The van der Waals surface area contributed by atoms with Crippen molar-refractivity contribution in [3.63, 3.8) is 0 Å². The number of nitrogens with two attached hydrogens (primary N) is 1. The van der Waals surface area contributed by atoms with Gasteiger partial charge in [0, 0.05) is 41.7 Å². The van der Waals surface area contributed by atoms with Gasteiger partial charge in [0.15, 0.2) is 5.17 Å². The van der Waals surface area contributed by atoms with E-state index in [4.69, 9.17) is 5.73 Å². The maximum absolute atomic E-state index is 14.3. The predicted molar refractivity (Wildman–Crippen MR) is 83.4 cm³/mol. The van der Waals surface area contributed by atoms with E-state index in [0.717, 1.165) is 6.07 Å². The van der Waals surface area contributed by atoms with Crippen molar-refractivity contribution in [2.45, 2.75) is 18.1 Å². The van der Waals surface area contributed by atoms with Crippen LogP contribution in [0.5, 0.6) is 0 Å². The fourth-order valence-electron chi connectivity index (χ4n) is 2.50. The van der Waals surface area contributed by atoms with E-state index in [1.165, 1.54) is 36.5 Å². The standard InChI is InChI=1S/C15H14F2N4S/c1-15(2-3-21-14(18)22-15)11-4-10(12(16)5-13(11)17)9-6-19-8-20-7-9/h4-8H,2-3H2,1H3,(H2,18,21)/t15-/m0/s1. The van der Waals surface area contributed by atoms with Gasteiger partial charge in [-0.15, -0.1) is 0 Å². The van der Waals surface area contributed by atoms with Crippen LogP contribution in [0.15, 0.2) is 35.8 Å². The molecular formula is C15H14F2N4S. The lowest BCUT2D eigenvalue weighted by molar-refractivity contribution is 0.536. The second-order valence-corrected chi connectivity index (χ2v) is 6.77. The Labute approximate surface area is 130 Å². The molecule has 1 aromatic heterocycles. The van der Waals surface area contributed by atoms with Crippen LogP contribution in [-0.2, 0) is 4.75 Å². The number of aliphatic imine (C=N–C) groups is 1. The van der Waals surface area contributed by atoms with Crippen molar-refractivity contribution in [1.29, 1.82) is 0 Å². The van der Waals surface area contributed by atoms with Crippen LogP contribution in [0.4, 0.5) is 8.78 Å². The van der Waals surface area contributed by atoms with Crippen molar-refractivity contribution in [1.82, 2.24) is 9.97 Å². The molecule has 2 heterocycles. The maximum atomic E-state index is 14.3. The van der Waals surface area contributed by atoms with Gasteiger partial charge < -0.3 is 5.73 Å². The smallest absolute Gasteiger partial charge is 0.154 e. The zero-order valence-corrected chi connectivity index (χ0v) is 12.7. The summed E-state index contributed by atoms with van der Waals surface area (Å²) in [5, 5.41) is 0.419. The molecule has 2 aromatic rings. The summed E-state index contributed by atoms with van der Waals surface area (Å²) in [4.78, 5) is 11.9. The van der Waals surface area contributed by atoms with E-state index in [9.17, 15) is 8.78 Å². The zero-order valence-electron chi connectivity index (χ0n) is 11.9. The number of hydrogen-bond acceptors (Lipinski definition) is 5. The molecule has 0 saturated heterocycles. The molecule has 3 rings (SSSR count). The third-order valence-corrected chi connectivity index (χ3v) is 4.90. The number of thioether (sulfide) groups is 1. The summed E-state index contributed by atoms with van der Waals surface area (Å²) in [5.74, 6) is -1.22. The normalized spacial score (nSPS) is 21.5. The highest BCUT2D eigenvalue weighted by Gasteiger charge is 2.34. The minimum Gasteiger partial charge on any atom is -0.379 e. The van der Waals surface area contributed by atoms with Gasteiger partial charge in [0.25, 0.3) is 0 Å². The van der Waals surface area contributed by atoms with Crippen LogP contribution in [0.2, 0.25) is 0 Å². The maximum Gasteiger partial charge on any atom is 0.154 e. The molecule has 0 amide bonds. The molecular weight excluding hydrogens is 306 g/mol. The molecule has 0 unspecified atom stereocenters. The van der Waals surface area contributed by atoms with E-state index in [0.29, 0.717) is 29.3 Å². The van der Waals surface area contributed by atoms with Crippen molar-refractivity contribution in [2.75, 3.05) is 6.54 Å². The molecule has 0 fully saturated rings. The monoisotopic (exact) mass is 320 g/mol. The lowest BCUT2D eigenvalue weighted by atomic mass is 9.92. The third kappa shape index (κ3) is 2.68. The zero-order chi connectivity index (χ0) is 15.7. The molecule has 0 bridgehead atoms. The Morgan fingerprint density at radius 2 is 1.91 bits per heavy atom. The average Bonchev–Trinajstić information content (AvgIpc) is 2.47. The van der Waals surface area contributed by atoms with E-state index >= 15 is 0 Å². The van der Waals surface area contributed by atoms with E-state index in [1.54, 1.807) is 0 Å². The number of amidine groups is 1. The average molecular weight is 320 g/mol. The molecule has 1 aromatic carbocycles. The summed E-state index contributed by atoms with van der Waals surface area (Å²) in [7, 11) is 0. The van der Waals surface area contributed by atoms with Crippen LogP contribution in [0, 0.1) is 11.6 Å². The van der Waals surface area contributed by atoms with Crippen LogP contribution in [-0.4, -0.2) is 21.7 Å². The molecule has 0 radical (unpaired) electrons. The summed E-state index contributed by atoms with van der Waals surface area (Å²) < 4.78 is 27.9. The van der Waals surface area contributed by atoms with Gasteiger partial charge in [-0.1, -0.05) is 11.8 Å². The number of benzene rings is 1. The SMILES string of the molecule is C[C@@]1(c2cc(-c3cncnc3)c(F)cc2F)CCN=C(N)S1. The van der Waals surface area contributed by atoms with Crippen molar-refractivity contribution in [2.24, 2.45) is 10.7 Å². The van der Waals surface area contributed by atoms with Gasteiger partial charge in [0.2, 0.25) is 0 Å². The first-order valence-corrected chi connectivity index (χ1v) is 7.55. The fourth-order valence-corrected chi connectivity index (χ4v) is 3.57. The largest absolute Gasteiger partial charge is 0.379 e. The second-order valence-electron chi connectivity index (χ2n) is 5.24. The molecule has 0 spiro atoms. The first-order valence-electron chi connectivity index (χ1n) is 6.73. The molecule has 1 atom stereocenters. The van der Waals surface area contributed by atoms with Crippen LogP contribution in [0.25, 0.3) is 11.1 Å². The Hall–Kier alpha value is -2.02. The fraction of sp³-hybridized carbons (Fsp3) is 0.267. The number of nitrogens with zero attached hydrogens (tertiary/aromatic N) is 3. The summed E-state index contributed by atoms with van der Waals surface area (Å²) in [6.07, 6.45) is 4.99. The van der Waals surface area contributed by atoms with E-state index < -0.39 is 16.4 Å². The number of rotatable bonds is 2. The van der Waals surface area contributed by atoms with Crippen LogP contribution in [0.3, 0.4) is 0 Å². The topological polar surface area (TPSA) is 64.2 Å². The Balaban J connectivity index is 2.11. The van der Waals surface area contributed by atoms with Crippen molar-refractivity contribution in [3.8, 4) is 11.1 Å². The van der Waals surface area contributed by atoms with E-state index in [1.807, 2.05) is 6.92 Å². The quantitative estimate of drug-likeness (QED) is 0.923. The minimum atomic E-state index is -0.637. The highest BCUT2D eigenvalue weighted by atomic mass is 32.2. The van der Waals surface area contributed by atoms with Crippen molar-refractivity contribution >= 4 is 16.9 Å². The van der Waals surface area contributed by atoms with Crippen molar-refractivity contribution < 1.29 is 8.78 Å². The van der Waals surface area contributed by atoms with Gasteiger partial charge in [0.1, 0.15) is 18.0 Å². The molecule has 7 heteroatoms. The number of halogens is 2. The Morgan fingerprint density at radius 1 is 1.18 bits per heavy atom. The number of aromatic nitrogens is 2. The van der Waals surface area contributed by atoms with Crippen LogP contribution in [0.1, 0.15) is 18.9 Å². The van der Waals surface area contributed by atoms with Gasteiger partial charge in [-0.2, -0.15) is 0 Å². The molecule has 1 aliphatic heterocycles. The third-order valence-electron chi connectivity index (χ3n) is 3.68. The van der Waals surface area contributed by atoms with Crippen molar-refractivity contribution in [3.05, 3.63) is 48.1 Å². The molecule has 1 aliphatic rings. The first-order chi connectivity index (χ1) is 10.5. The molecule has 2 N–H and O–H groups in total. The first kappa shape index (κ1) is 14.9. The number of hydrogen-bond donors (Lipinski definition) is 1. The van der Waals surface area contributed by atoms with Gasteiger partial charge in [0.05, 0.1) is 4.75 Å². The van der Waals surface area contributed by atoms with E-state index in [-0.39, 0.29) is 5.56 Å². The van der Waals surface area contributed by atoms with Crippen LogP contribution < -0.4 is 5.73 Å². The molecule has 0 saturated carbocycles. The molecule has 114 valence electrons. The highest BCUT2D eigenvalue weighted by molar-refractivity contribution is 8.14. The minimum absolute atomic E-state index is 0.278. The lowest BCUT2D eigenvalue weighted by Gasteiger charge is -2.32. The summed E-state index contributed by atoms with van der Waals surface area (Å²) in [6.45, 7) is 2.41. The van der Waals surface area contributed by atoms with Gasteiger partial charge in [-0.25, -0.2) is 18.7 Å². The summed E-state index contributed by atoms with van der Waals surface area (Å²) in [6, 6.07) is 2.43. The van der Waals surface area contributed by atoms with Crippen LogP contribution >= 0.6 is 11.8 Å². The van der Waals surface area contributed by atoms with Gasteiger partial charge >= 0.3 is 0 Å². The highest BCUT2D eigenvalue weighted by Crippen LogP contribution is 2.44. The Kier molecular flexibility index (Phi) is 3.82. The molecule has 22 heavy (non-hydrogen) atoms. The predicted octanol–water partition coefficient (Wildman–Crippen LogP) is 3.09. The molecule has 4 nitrogen and oxygen atoms in total. The summed E-state index contributed by atoms with van der Waals surface area (Å²) >= 11 is 1.30. The Morgan fingerprint density at radius 3 is 2.59 bits per heavy atom. The Bertz CT molecular complexity index is 736. The summed E-state index contributed by atoms with van der Waals surface area (Å²) in [5.41, 5.74) is 6.97.